The number of carbonyl (C=O) groups excluding carboxylic acids is 2. The Hall–Kier alpha value is -2.83. The summed E-state index contributed by atoms with van der Waals surface area (Å²) in [5, 5.41) is 7.99. The van der Waals surface area contributed by atoms with Crippen LogP contribution in [-0.2, 0) is 11.3 Å². The third kappa shape index (κ3) is 4.63. The van der Waals surface area contributed by atoms with Gasteiger partial charge in [0.2, 0.25) is 5.91 Å². The lowest BCUT2D eigenvalue weighted by Gasteiger charge is -2.43. The molecule has 7 heteroatoms. The molecule has 0 bridgehead atoms. The molecule has 2 aromatic rings. The van der Waals surface area contributed by atoms with Gasteiger partial charge in [-0.3, -0.25) is 14.3 Å². The lowest BCUT2D eigenvalue weighted by molar-refractivity contribution is -0.133. The number of benzene rings is 1. The van der Waals surface area contributed by atoms with Crippen LogP contribution in [0.3, 0.4) is 0 Å². The molecular weight excluding hydrogens is 416 g/mol. The molecule has 1 aliphatic carbocycles. The zero-order chi connectivity index (χ0) is 23.4. The fraction of sp³-hybridized carbons (Fsp3) is 0.577. The molecule has 0 unspecified atom stereocenters. The zero-order valence-corrected chi connectivity index (χ0v) is 20.1. The second-order valence-corrected chi connectivity index (χ2v) is 9.40. The molecule has 1 aromatic carbocycles. The quantitative estimate of drug-likeness (QED) is 0.602. The first-order valence-electron chi connectivity index (χ1n) is 12.4. The number of hydrogen-bond acceptors (Lipinski definition) is 4. The SMILES string of the molecule is CCCCOc1ccccc1-c1cc2n(n1)C[C@@](C)(C(=O)NC1CCCCC1)N(CC)C2=O. The summed E-state index contributed by atoms with van der Waals surface area (Å²) in [5.74, 6) is 0.516. The molecule has 1 saturated carbocycles. The fourth-order valence-electron chi connectivity index (χ4n) is 4.99. The third-order valence-corrected chi connectivity index (χ3v) is 6.96. The third-order valence-electron chi connectivity index (χ3n) is 6.96. The molecule has 2 aliphatic rings. The van der Waals surface area contributed by atoms with Crippen LogP contribution in [0.4, 0.5) is 0 Å². The highest BCUT2D eigenvalue weighted by Gasteiger charge is 2.47. The Morgan fingerprint density at radius 3 is 2.70 bits per heavy atom. The van der Waals surface area contributed by atoms with E-state index in [0.29, 0.717) is 31.1 Å². The van der Waals surface area contributed by atoms with E-state index in [4.69, 9.17) is 9.84 Å². The Bertz CT molecular complexity index is 995. The highest BCUT2D eigenvalue weighted by Crippen LogP contribution is 2.34. The summed E-state index contributed by atoms with van der Waals surface area (Å²) in [6, 6.07) is 9.81. The number of hydrogen-bond donors (Lipinski definition) is 1. The van der Waals surface area contributed by atoms with E-state index in [9.17, 15) is 9.59 Å². The van der Waals surface area contributed by atoms with Crippen molar-refractivity contribution in [2.24, 2.45) is 0 Å². The predicted molar refractivity (Wildman–Crippen MR) is 128 cm³/mol. The number of nitrogens with zero attached hydrogens (tertiary/aromatic N) is 3. The molecule has 1 atom stereocenters. The van der Waals surface area contributed by atoms with Gasteiger partial charge in [0.05, 0.1) is 18.8 Å². The number of aromatic nitrogens is 2. The number of nitrogens with one attached hydrogen (secondary N) is 1. The standard InChI is InChI=1S/C26H36N4O3/c1-4-6-16-33-23-15-11-10-14-20(23)21-17-22-24(31)29(5-2)26(3,18-30(22)28-21)25(32)27-19-12-8-7-9-13-19/h10-11,14-15,17,19H,4-9,12-13,16,18H2,1-3H3,(H,27,32)/t26-/m0/s1. The van der Waals surface area contributed by atoms with Crippen molar-refractivity contribution in [3.63, 3.8) is 0 Å². The van der Waals surface area contributed by atoms with Gasteiger partial charge in [0.25, 0.3) is 5.91 Å². The summed E-state index contributed by atoms with van der Waals surface area (Å²) in [7, 11) is 0. The smallest absolute Gasteiger partial charge is 0.273 e. The van der Waals surface area contributed by atoms with Crippen LogP contribution in [0, 0.1) is 0 Å². The van der Waals surface area contributed by atoms with Crippen LogP contribution in [0.5, 0.6) is 5.75 Å². The van der Waals surface area contributed by atoms with E-state index in [1.807, 2.05) is 44.2 Å². The normalized spacial score (nSPS) is 21.1. The predicted octanol–water partition coefficient (Wildman–Crippen LogP) is 4.41. The Morgan fingerprint density at radius 1 is 1.21 bits per heavy atom. The summed E-state index contributed by atoms with van der Waals surface area (Å²) < 4.78 is 7.69. The summed E-state index contributed by atoms with van der Waals surface area (Å²) in [6.07, 6.45) is 7.57. The molecule has 33 heavy (non-hydrogen) atoms. The van der Waals surface area contributed by atoms with Crippen LogP contribution in [0.25, 0.3) is 11.3 Å². The van der Waals surface area contributed by atoms with Gasteiger partial charge in [-0.2, -0.15) is 5.10 Å². The van der Waals surface area contributed by atoms with Crippen LogP contribution in [-0.4, -0.2) is 51.2 Å². The molecule has 7 nitrogen and oxygen atoms in total. The fourth-order valence-corrected chi connectivity index (χ4v) is 4.99. The summed E-state index contributed by atoms with van der Waals surface area (Å²) >= 11 is 0. The molecule has 1 aliphatic heterocycles. The number of rotatable bonds is 8. The number of para-hydroxylation sites is 1. The number of ether oxygens (including phenoxy) is 1. The number of fused-ring (bicyclic) bond motifs is 1. The first-order chi connectivity index (χ1) is 16.0. The molecule has 4 rings (SSSR count). The van der Waals surface area contributed by atoms with Gasteiger partial charge in [-0.05, 0) is 51.3 Å². The van der Waals surface area contributed by atoms with E-state index in [0.717, 1.165) is 49.8 Å². The number of likely N-dealkylation sites (N-methyl/N-ethyl adjacent to an activating group) is 1. The average Bonchev–Trinajstić information content (AvgIpc) is 3.24. The number of amides is 2. The van der Waals surface area contributed by atoms with Crippen LogP contribution >= 0.6 is 0 Å². The highest BCUT2D eigenvalue weighted by atomic mass is 16.5. The molecule has 2 heterocycles. The summed E-state index contributed by atoms with van der Waals surface area (Å²) in [6.45, 7) is 7.35. The lowest BCUT2D eigenvalue weighted by Crippen LogP contribution is -2.65. The van der Waals surface area contributed by atoms with Crippen molar-refractivity contribution in [3.8, 4) is 17.0 Å². The number of carbonyl (C=O) groups is 2. The van der Waals surface area contributed by atoms with E-state index in [2.05, 4.69) is 12.2 Å². The van der Waals surface area contributed by atoms with Crippen molar-refractivity contribution in [1.29, 1.82) is 0 Å². The Labute approximate surface area is 196 Å². The van der Waals surface area contributed by atoms with Gasteiger partial charge >= 0.3 is 0 Å². The van der Waals surface area contributed by atoms with Gasteiger partial charge in [-0.15, -0.1) is 0 Å². The molecule has 1 aromatic heterocycles. The average molecular weight is 453 g/mol. The van der Waals surface area contributed by atoms with E-state index in [1.165, 1.54) is 6.42 Å². The minimum absolute atomic E-state index is 0.0874. The minimum Gasteiger partial charge on any atom is -0.493 e. The van der Waals surface area contributed by atoms with E-state index < -0.39 is 5.54 Å². The van der Waals surface area contributed by atoms with Crippen LogP contribution in [0.15, 0.2) is 30.3 Å². The molecule has 0 spiro atoms. The van der Waals surface area contributed by atoms with Crippen molar-refractivity contribution < 1.29 is 14.3 Å². The summed E-state index contributed by atoms with van der Waals surface area (Å²) in [5.41, 5.74) is 1.09. The van der Waals surface area contributed by atoms with Gasteiger partial charge in [0, 0.05) is 18.2 Å². The maximum Gasteiger partial charge on any atom is 0.273 e. The summed E-state index contributed by atoms with van der Waals surface area (Å²) in [4.78, 5) is 28.6. The van der Waals surface area contributed by atoms with Crippen molar-refractivity contribution in [1.82, 2.24) is 20.0 Å². The topological polar surface area (TPSA) is 76.5 Å². The highest BCUT2D eigenvalue weighted by molar-refractivity contribution is 6.00. The first kappa shape index (κ1) is 23.3. The van der Waals surface area contributed by atoms with Gasteiger partial charge in [0.15, 0.2) is 0 Å². The number of unbranched alkanes of at least 4 members (excludes halogenated alkanes) is 1. The molecular formula is C26H36N4O3. The molecule has 1 fully saturated rings. The second-order valence-electron chi connectivity index (χ2n) is 9.40. The minimum atomic E-state index is -0.975. The van der Waals surface area contributed by atoms with Crippen LogP contribution < -0.4 is 10.1 Å². The van der Waals surface area contributed by atoms with Crippen LogP contribution in [0.1, 0.15) is 76.2 Å². The van der Waals surface area contributed by atoms with Crippen molar-refractivity contribution >= 4 is 11.8 Å². The van der Waals surface area contributed by atoms with Gasteiger partial charge in [-0.1, -0.05) is 44.7 Å². The monoisotopic (exact) mass is 452 g/mol. The maximum absolute atomic E-state index is 13.5. The van der Waals surface area contributed by atoms with Gasteiger partial charge < -0.3 is 15.0 Å². The largest absolute Gasteiger partial charge is 0.493 e. The van der Waals surface area contributed by atoms with Crippen molar-refractivity contribution in [3.05, 3.63) is 36.0 Å². The van der Waals surface area contributed by atoms with E-state index in [1.54, 1.807) is 9.58 Å². The maximum atomic E-state index is 13.5. The Morgan fingerprint density at radius 2 is 1.97 bits per heavy atom. The Balaban J connectivity index is 1.62. The first-order valence-corrected chi connectivity index (χ1v) is 12.4. The Kier molecular flexibility index (Phi) is 7.05. The molecule has 2 amide bonds. The molecule has 0 radical (unpaired) electrons. The van der Waals surface area contributed by atoms with E-state index >= 15 is 0 Å². The molecule has 178 valence electrons. The van der Waals surface area contributed by atoms with Gasteiger partial charge in [-0.25, -0.2) is 0 Å². The van der Waals surface area contributed by atoms with Crippen molar-refractivity contribution in [2.45, 2.75) is 83.8 Å². The molecule has 1 N–H and O–H groups in total. The second kappa shape index (κ2) is 9.98. The van der Waals surface area contributed by atoms with Crippen molar-refractivity contribution in [2.75, 3.05) is 13.2 Å². The lowest BCUT2D eigenvalue weighted by atomic mass is 9.91. The van der Waals surface area contributed by atoms with Crippen LogP contribution in [0.2, 0.25) is 0 Å². The van der Waals surface area contributed by atoms with E-state index in [-0.39, 0.29) is 17.9 Å². The van der Waals surface area contributed by atoms with Gasteiger partial charge in [0.1, 0.15) is 17.0 Å². The molecule has 0 saturated heterocycles. The zero-order valence-electron chi connectivity index (χ0n) is 20.1.